The number of nitrogens with one attached hydrogen (secondary N) is 1. The number of para-hydroxylation sites is 1. The van der Waals surface area contributed by atoms with Gasteiger partial charge in [0.2, 0.25) is 0 Å². The monoisotopic (exact) mass is 385 g/mol. The van der Waals surface area contributed by atoms with E-state index >= 15 is 0 Å². The van der Waals surface area contributed by atoms with Gasteiger partial charge in [-0.25, -0.2) is 4.79 Å². The predicted octanol–water partition coefficient (Wildman–Crippen LogP) is 2.69. The first-order valence-corrected chi connectivity index (χ1v) is 8.64. The molecule has 1 aliphatic heterocycles. The van der Waals surface area contributed by atoms with E-state index in [9.17, 15) is 24.8 Å². The van der Waals surface area contributed by atoms with E-state index in [4.69, 9.17) is 4.74 Å². The average Bonchev–Trinajstić information content (AvgIpc) is 2.69. The molecule has 9 nitrogen and oxygen atoms in total. The number of ether oxygens (including phenoxy) is 1. The van der Waals surface area contributed by atoms with Crippen molar-refractivity contribution in [2.24, 2.45) is 0 Å². The summed E-state index contributed by atoms with van der Waals surface area (Å²) in [6.45, 7) is 3.34. The Balaban J connectivity index is 1.97. The molecule has 1 amide bonds. The third kappa shape index (κ3) is 3.94. The molecule has 3 rings (SSSR count). The third-order valence-electron chi connectivity index (χ3n) is 4.51. The molecule has 0 aromatic heterocycles. The molecule has 146 valence electrons. The Kier molecular flexibility index (Phi) is 5.55. The quantitative estimate of drug-likeness (QED) is 0.599. The number of carboxylic acid groups (broad SMARTS) is 1. The Labute approximate surface area is 160 Å². The van der Waals surface area contributed by atoms with E-state index in [1.807, 2.05) is 0 Å². The normalized spacial score (nSPS) is 13.8. The van der Waals surface area contributed by atoms with Crippen molar-refractivity contribution in [1.29, 1.82) is 0 Å². The number of rotatable bonds is 5. The summed E-state index contributed by atoms with van der Waals surface area (Å²) in [7, 11) is 0. The van der Waals surface area contributed by atoms with Crippen LogP contribution >= 0.6 is 0 Å². The minimum absolute atomic E-state index is 0.0743. The number of hydrogen-bond donors (Lipinski definition) is 2. The number of aromatic carboxylic acids is 1. The second kappa shape index (κ2) is 8.05. The number of hydrogen-bond acceptors (Lipinski definition) is 6. The molecule has 2 N–H and O–H groups in total. The molecular weight excluding hydrogens is 366 g/mol. The first kappa shape index (κ1) is 19.3. The van der Waals surface area contributed by atoms with Crippen molar-refractivity contribution in [3.63, 3.8) is 0 Å². The first-order chi connectivity index (χ1) is 13.4. The molecule has 9 heteroatoms. The second-order valence-corrected chi connectivity index (χ2v) is 6.32. The highest BCUT2D eigenvalue weighted by Gasteiger charge is 2.27. The number of nitro groups is 1. The number of carbonyl (C=O) groups is 2. The fourth-order valence-corrected chi connectivity index (χ4v) is 3.11. The van der Waals surface area contributed by atoms with E-state index < -0.39 is 16.8 Å². The van der Waals surface area contributed by atoms with Gasteiger partial charge in [0, 0.05) is 24.8 Å². The summed E-state index contributed by atoms with van der Waals surface area (Å²) in [6, 6.07) is 8.87. The van der Waals surface area contributed by atoms with Crippen molar-refractivity contribution < 1.29 is 24.4 Å². The van der Waals surface area contributed by atoms with E-state index in [-0.39, 0.29) is 22.5 Å². The number of anilines is 2. The molecule has 1 saturated heterocycles. The molecule has 0 spiro atoms. The molecule has 0 aliphatic carbocycles. The van der Waals surface area contributed by atoms with Crippen LogP contribution in [0.4, 0.5) is 17.1 Å². The summed E-state index contributed by atoms with van der Waals surface area (Å²) in [5.41, 5.74) is 1.16. The minimum atomic E-state index is -1.10. The minimum Gasteiger partial charge on any atom is -0.478 e. The number of carboxylic acids is 1. The van der Waals surface area contributed by atoms with Crippen LogP contribution in [0.25, 0.3) is 0 Å². The van der Waals surface area contributed by atoms with Crippen molar-refractivity contribution in [2.45, 2.75) is 6.92 Å². The van der Waals surface area contributed by atoms with Gasteiger partial charge in [0.1, 0.15) is 5.69 Å². The highest BCUT2D eigenvalue weighted by molar-refractivity contribution is 6.10. The molecule has 0 radical (unpaired) electrons. The summed E-state index contributed by atoms with van der Waals surface area (Å²) in [6.07, 6.45) is 0. The van der Waals surface area contributed by atoms with Crippen molar-refractivity contribution in [3.05, 3.63) is 63.2 Å². The lowest BCUT2D eigenvalue weighted by atomic mass is 10.1. The maximum Gasteiger partial charge on any atom is 0.336 e. The SMILES string of the molecule is Cc1ccc(NC(=O)c2cccc([N+](=O)[O-])c2N2CCOCC2)cc1C(=O)O. The van der Waals surface area contributed by atoms with Crippen molar-refractivity contribution >= 4 is 28.9 Å². The predicted molar refractivity (Wildman–Crippen MR) is 102 cm³/mol. The van der Waals surface area contributed by atoms with E-state index in [0.29, 0.717) is 37.6 Å². The molecule has 1 fully saturated rings. The molecule has 28 heavy (non-hydrogen) atoms. The molecule has 0 atom stereocenters. The molecular formula is C19H19N3O6. The molecule has 0 unspecified atom stereocenters. The number of amides is 1. The second-order valence-electron chi connectivity index (χ2n) is 6.32. The summed E-state index contributed by atoms with van der Waals surface area (Å²) in [5, 5.41) is 23.4. The molecule has 1 heterocycles. The standard InChI is InChI=1S/C19H19N3O6/c1-12-5-6-13(11-15(12)19(24)25)20-18(23)14-3-2-4-16(22(26)27)17(14)21-7-9-28-10-8-21/h2-6,11H,7-10H2,1H3,(H,20,23)(H,24,25). The number of carbonyl (C=O) groups excluding carboxylic acids is 1. The zero-order valence-corrected chi connectivity index (χ0v) is 15.2. The zero-order chi connectivity index (χ0) is 20.3. The Hall–Kier alpha value is -3.46. The lowest BCUT2D eigenvalue weighted by Gasteiger charge is -2.29. The highest BCUT2D eigenvalue weighted by Crippen LogP contribution is 2.33. The average molecular weight is 385 g/mol. The lowest BCUT2D eigenvalue weighted by molar-refractivity contribution is -0.384. The van der Waals surface area contributed by atoms with E-state index in [1.165, 1.54) is 24.3 Å². The van der Waals surface area contributed by atoms with Crippen LogP contribution in [0.2, 0.25) is 0 Å². The Bertz CT molecular complexity index is 937. The molecule has 0 bridgehead atoms. The van der Waals surface area contributed by atoms with Crippen LogP contribution in [0.3, 0.4) is 0 Å². The number of benzene rings is 2. The largest absolute Gasteiger partial charge is 0.478 e. The Morgan fingerprint density at radius 1 is 1.18 bits per heavy atom. The summed E-state index contributed by atoms with van der Waals surface area (Å²) < 4.78 is 5.30. The van der Waals surface area contributed by atoms with Crippen LogP contribution in [0.15, 0.2) is 36.4 Å². The Morgan fingerprint density at radius 2 is 1.89 bits per heavy atom. The van der Waals surface area contributed by atoms with Gasteiger partial charge < -0.3 is 20.1 Å². The molecule has 0 saturated carbocycles. The van der Waals surface area contributed by atoms with Gasteiger partial charge in [-0.15, -0.1) is 0 Å². The van der Waals surface area contributed by atoms with Gasteiger partial charge in [-0.1, -0.05) is 12.1 Å². The third-order valence-corrected chi connectivity index (χ3v) is 4.51. The summed E-state index contributed by atoms with van der Waals surface area (Å²) in [5.74, 6) is -1.65. The van der Waals surface area contributed by atoms with E-state index in [1.54, 1.807) is 24.0 Å². The van der Waals surface area contributed by atoms with Gasteiger partial charge in [-0.2, -0.15) is 0 Å². The van der Waals surface area contributed by atoms with Gasteiger partial charge in [-0.05, 0) is 30.7 Å². The van der Waals surface area contributed by atoms with Crippen molar-refractivity contribution in [3.8, 4) is 0 Å². The van der Waals surface area contributed by atoms with Gasteiger partial charge in [0.05, 0.1) is 29.3 Å². The number of nitro benzene ring substituents is 1. The van der Waals surface area contributed by atoms with E-state index in [0.717, 1.165) is 0 Å². The highest BCUT2D eigenvalue weighted by atomic mass is 16.6. The fraction of sp³-hybridized carbons (Fsp3) is 0.263. The first-order valence-electron chi connectivity index (χ1n) is 8.64. The zero-order valence-electron chi connectivity index (χ0n) is 15.2. The molecule has 2 aromatic carbocycles. The van der Waals surface area contributed by atoms with Crippen LogP contribution in [-0.2, 0) is 4.74 Å². The number of aryl methyl sites for hydroxylation is 1. The summed E-state index contributed by atoms with van der Waals surface area (Å²) >= 11 is 0. The van der Waals surface area contributed by atoms with Crippen LogP contribution < -0.4 is 10.2 Å². The van der Waals surface area contributed by atoms with Gasteiger partial charge >= 0.3 is 5.97 Å². The van der Waals surface area contributed by atoms with Gasteiger partial charge in [0.15, 0.2) is 0 Å². The van der Waals surface area contributed by atoms with Crippen LogP contribution in [0.1, 0.15) is 26.3 Å². The fourth-order valence-electron chi connectivity index (χ4n) is 3.11. The maximum atomic E-state index is 12.9. The van der Waals surface area contributed by atoms with Crippen molar-refractivity contribution in [1.82, 2.24) is 0 Å². The van der Waals surface area contributed by atoms with Crippen LogP contribution in [0.5, 0.6) is 0 Å². The number of nitrogens with zero attached hydrogens (tertiary/aromatic N) is 2. The lowest BCUT2D eigenvalue weighted by Crippen LogP contribution is -2.37. The van der Waals surface area contributed by atoms with Crippen LogP contribution in [0, 0.1) is 17.0 Å². The van der Waals surface area contributed by atoms with Gasteiger partial charge in [-0.3, -0.25) is 14.9 Å². The molecule has 2 aromatic rings. The Morgan fingerprint density at radius 3 is 2.54 bits per heavy atom. The topological polar surface area (TPSA) is 122 Å². The van der Waals surface area contributed by atoms with E-state index in [2.05, 4.69) is 5.32 Å². The van der Waals surface area contributed by atoms with Gasteiger partial charge in [0.25, 0.3) is 11.6 Å². The number of morpholine rings is 1. The summed E-state index contributed by atoms with van der Waals surface area (Å²) in [4.78, 5) is 36.9. The van der Waals surface area contributed by atoms with Crippen molar-refractivity contribution in [2.75, 3.05) is 36.5 Å². The molecule has 1 aliphatic rings. The van der Waals surface area contributed by atoms with Crippen LogP contribution in [-0.4, -0.2) is 48.2 Å². The smallest absolute Gasteiger partial charge is 0.336 e. The maximum absolute atomic E-state index is 12.9.